The average molecular weight is 283 g/mol. The van der Waals surface area contributed by atoms with Gasteiger partial charge >= 0.3 is 0 Å². The van der Waals surface area contributed by atoms with Gasteiger partial charge < -0.3 is 10.6 Å². The topological polar surface area (TPSA) is 70.1 Å². The first-order valence-corrected chi connectivity index (χ1v) is 6.31. The van der Waals surface area contributed by atoms with Gasteiger partial charge in [0.1, 0.15) is 5.82 Å². The lowest BCUT2D eigenvalue weighted by molar-refractivity contribution is 0.0780. The van der Waals surface area contributed by atoms with Gasteiger partial charge in [0, 0.05) is 19.3 Å². The van der Waals surface area contributed by atoms with Crippen molar-refractivity contribution in [3.8, 4) is 6.07 Å². The number of nitrogens with zero attached hydrogens (tertiary/aromatic N) is 2. The fourth-order valence-electron chi connectivity index (χ4n) is 2.00. The molecule has 0 spiro atoms. The quantitative estimate of drug-likeness (QED) is 0.880. The first kappa shape index (κ1) is 14.5. The van der Waals surface area contributed by atoms with Crippen LogP contribution in [0, 0.1) is 17.1 Å². The average Bonchev–Trinajstić information content (AvgIpc) is 2.49. The van der Waals surface area contributed by atoms with Crippen molar-refractivity contribution in [3.05, 3.63) is 65.0 Å². The summed E-state index contributed by atoms with van der Waals surface area (Å²) in [6.45, 7) is 0.280. The number of hydrogen-bond acceptors (Lipinski definition) is 3. The molecule has 5 heteroatoms. The minimum absolute atomic E-state index is 0.0612. The fourth-order valence-corrected chi connectivity index (χ4v) is 2.00. The summed E-state index contributed by atoms with van der Waals surface area (Å²) >= 11 is 0. The third-order valence-corrected chi connectivity index (χ3v) is 3.04. The molecule has 2 aromatic carbocycles. The summed E-state index contributed by atoms with van der Waals surface area (Å²) in [4.78, 5) is 13.6. The minimum Gasteiger partial charge on any atom is -0.399 e. The normalized spacial score (nSPS) is 9.95. The van der Waals surface area contributed by atoms with Crippen LogP contribution in [0.1, 0.15) is 21.5 Å². The number of nitrogens with two attached hydrogens (primary N) is 1. The van der Waals surface area contributed by atoms with E-state index in [-0.39, 0.29) is 12.1 Å². The van der Waals surface area contributed by atoms with E-state index in [2.05, 4.69) is 0 Å². The van der Waals surface area contributed by atoms with Gasteiger partial charge in [-0.25, -0.2) is 4.39 Å². The lowest BCUT2D eigenvalue weighted by Crippen LogP contribution is -2.27. The minimum atomic E-state index is -0.605. The van der Waals surface area contributed by atoms with Crippen LogP contribution >= 0.6 is 0 Å². The zero-order chi connectivity index (χ0) is 15.4. The maximum Gasteiger partial charge on any atom is 0.256 e. The molecule has 21 heavy (non-hydrogen) atoms. The Labute approximate surface area is 122 Å². The second-order valence-electron chi connectivity index (χ2n) is 4.71. The van der Waals surface area contributed by atoms with E-state index >= 15 is 0 Å². The van der Waals surface area contributed by atoms with Gasteiger partial charge in [0.25, 0.3) is 5.91 Å². The summed E-state index contributed by atoms with van der Waals surface area (Å²) in [6, 6.07) is 12.9. The molecule has 0 aromatic heterocycles. The smallest absolute Gasteiger partial charge is 0.256 e. The van der Waals surface area contributed by atoms with E-state index in [1.54, 1.807) is 31.3 Å². The summed E-state index contributed by atoms with van der Waals surface area (Å²) in [6.07, 6.45) is 0. The van der Waals surface area contributed by atoms with Gasteiger partial charge in [-0.15, -0.1) is 0 Å². The summed E-state index contributed by atoms with van der Waals surface area (Å²) < 4.78 is 13.7. The summed E-state index contributed by atoms with van der Waals surface area (Å²) in [5, 5.41) is 8.86. The third kappa shape index (κ3) is 3.37. The zero-order valence-electron chi connectivity index (χ0n) is 11.5. The number of nitrogen functional groups attached to an aromatic ring is 1. The maximum absolute atomic E-state index is 13.7. The number of nitriles is 1. The second kappa shape index (κ2) is 6.06. The largest absolute Gasteiger partial charge is 0.399 e. The SMILES string of the molecule is CN(Cc1cccc(C#N)c1)C(=O)c1cc(N)ccc1F. The predicted molar refractivity (Wildman–Crippen MR) is 77.8 cm³/mol. The lowest BCUT2D eigenvalue weighted by Gasteiger charge is -2.18. The number of benzene rings is 2. The Morgan fingerprint density at radius 2 is 2.10 bits per heavy atom. The first-order valence-electron chi connectivity index (χ1n) is 6.31. The monoisotopic (exact) mass is 283 g/mol. The lowest BCUT2D eigenvalue weighted by atomic mass is 10.1. The van der Waals surface area contributed by atoms with Crippen LogP contribution in [0.4, 0.5) is 10.1 Å². The molecule has 2 rings (SSSR count). The Balaban J connectivity index is 2.19. The molecule has 0 aliphatic carbocycles. The second-order valence-corrected chi connectivity index (χ2v) is 4.71. The van der Waals surface area contributed by atoms with Crippen LogP contribution < -0.4 is 5.73 Å². The molecule has 106 valence electrons. The van der Waals surface area contributed by atoms with Crippen LogP contribution in [-0.2, 0) is 6.54 Å². The fraction of sp³-hybridized carbons (Fsp3) is 0.125. The van der Waals surface area contributed by atoms with E-state index in [0.717, 1.165) is 5.56 Å². The standard InChI is InChI=1S/C16H14FN3O/c1-20(10-12-4-2-3-11(7-12)9-18)16(21)14-8-13(19)5-6-15(14)17/h2-8H,10,19H2,1H3. The molecule has 0 saturated carbocycles. The molecule has 4 nitrogen and oxygen atoms in total. The van der Waals surface area contributed by atoms with Crippen molar-refractivity contribution in [3.63, 3.8) is 0 Å². The third-order valence-electron chi connectivity index (χ3n) is 3.04. The Morgan fingerprint density at radius 1 is 1.33 bits per heavy atom. The Morgan fingerprint density at radius 3 is 2.81 bits per heavy atom. The van der Waals surface area contributed by atoms with E-state index in [0.29, 0.717) is 11.3 Å². The molecule has 0 atom stereocenters. The van der Waals surface area contributed by atoms with Gasteiger partial charge in [-0.1, -0.05) is 12.1 Å². The summed E-state index contributed by atoms with van der Waals surface area (Å²) in [5.41, 5.74) is 7.17. The van der Waals surface area contributed by atoms with Gasteiger partial charge in [-0.05, 0) is 35.9 Å². The van der Waals surface area contributed by atoms with Crippen molar-refractivity contribution in [1.29, 1.82) is 5.26 Å². The molecule has 0 aliphatic rings. The zero-order valence-corrected chi connectivity index (χ0v) is 11.5. The summed E-state index contributed by atoms with van der Waals surface area (Å²) in [7, 11) is 1.57. The van der Waals surface area contributed by atoms with Crippen molar-refractivity contribution < 1.29 is 9.18 Å². The molecule has 0 fully saturated rings. The highest BCUT2D eigenvalue weighted by Gasteiger charge is 2.16. The molecule has 0 aliphatic heterocycles. The number of amides is 1. The molecular weight excluding hydrogens is 269 g/mol. The van der Waals surface area contributed by atoms with Crippen molar-refractivity contribution in [1.82, 2.24) is 4.90 Å². The number of rotatable bonds is 3. The maximum atomic E-state index is 13.7. The first-order chi connectivity index (χ1) is 10.0. The van der Waals surface area contributed by atoms with Crippen LogP contribution in [0.15, 0.2) is 42.5 Å². The molecule has 0 bridgehead atoms. The number of carbonyl (C=O) groups excluding carboxylic acids is 1. The van der Waals surface area contributed by atoms with E-state index in [4.69, 9.17) is 11.0 Å². The number of anilines is 1. The number of halogens is 1. The van der Waals surface area contributed by atoms with Gasteiger partial charge in [0.15, 0.2) is 0 Å². The van der Waals surface area contributed by atoms with Crippen LogP contribution in [-0.4, -0.2) is 17.9 Å². The molecule has 0 unspecified atom stereocenters. The Hall–Kier alpha value is -2.87. The van der Waals surface area contributed by atoms with E-state index < -0.39 is 11.7 Å². The van der Waals surface area contributed by atoms with Crippen LogP contribution in [0.3, 0.4) is 0 Å². The van der Waals surface area contributed by atoms with Gasteiger partial charge in [0.05, 0.1) is 17.2 Å². The predicted octanol–water partition coefficient (Wildman–Crippen LogP) is 2.55. The van der Waals surface area contributed by atoms with Gasteiger partial charge in [-0.3, -0.25) is 4.79 Å². The van der Waals surface area contributed by atoms with Crippen molar-refractivity contribution >= 4 is 11.6 Å². The molecule has 0 radical (unpaired) electrons. The highest BCUT2D eigenvalue weighted by molar-refractivity contribution is 5.95. The van der Waals surface area contributed by atoms with E-state index in [1.807, 2.05) is 6.07 Å². The van der Waals surface area contributed by atoms with Gasteiger partial charge in [0.2, 0.25) is 0 Å². The van der Waals surface area contributed by atoms with Crippen LogP contribution in [0.5, 0.6) is 0 Å². The highest BCUT2D eigenvalue weighted by atomic mass is 19.1. The van der Waals surface area contributed by atoms with E-state index in [1.165, 1.54) is 23.1 Å². The van der Waals surface area contributed by atoms with Crippen LogP contribution in [0.2, 0.25) is 0 Å². The Bertz CT molecular complexity index is 722. The van der Waals surface area contributed by atoms with Crippen LogP contribution in [0.25, 0.3) is 0 Å². The molecule has 2 aromatic rings. The van der Waals surface area contributed by atoms with Crippen molar-refractivity contribution in [2.75, 3.05) is 12.8 Å². The molecule has 0 heterocycles. The molecule has 0 saturated heterocycles. The van der Waals surface area contributed by atoms with Crippen molar-refractivity contribution in [2.24, 2.45) is 0 Å². The molecular formula is C16H14FN3O. The highest BCUT2D eigenvalue weighted by Crippen LogP contribution is 2.15. The van der Waals surface area contributed by atoms with E-state index in [9.17, 15) is 9.18 Å². The number of carbonyl (C=O) groups is 1. The number of hydrogen-bond donors (Lipinski definition) is 1. The molecule has 1 amide bonds. The van der Waals surface area contributed by atoms with Crippen molar-refractivity contribution in [2.45, 2.75) is 6.54 Å². The summed E-state index contributed by atoms with van der Waals surface area (Å²) in [5.74, 6) is -1.06. The molecule has 2 N–H and O–H groups in total. The van der Waals surface area contributed by atoms with Gasteiger partial charge in [-0.2, -0.15) is 5.26 Å². The Kier molecular flexibility index (Phi) is 4.19.